The predicted octanol–water partition coefficient (Wildman–Crippen LogP) is 3.76. The van der Waals surface area contributed by atoms with Gasteiger partial charge in [0, 0.05) is 6.61 Å². The molecule has 1 aliphatic rings. The molecule has 2 atom stereocenters. The van der Waals surface area contributed by atoms with Gasteiger partial charge in [0.05, 0.1) is 6.10 Å². The van der Waals surface area contributed by atoms with Gasteiger partial charge in [-0.2, -0.15) is 0 Å². The van der Waals surface area contributed by atoms with Crippen LogP contribution in [0.4, 0.5) is 0 Å². The quantitative estimate of drug-likeness (QED) is 0.716. The Morgan fingerprint density at radius 3 is 2.55 bits per heavy atom. The Bertz CT molecular complexity index is 355. The fourth-order valence-electron chi connectivity index (χ4n) is 3.20. The molecular weight excluding hydrogens is 246 g/mol. The van der Waals surface area contributed by atoms with E-state index in [-0.39, 0.29) is 0 Å². The molecule has 1 fully saturated rings. The summed E-state index contributed by atoms with van der Waals surface area (Å²) in [6.07, 6.45) is 5.37. The van der Waals surface area contributed by atoms with Gasteiger partial charge in [-0.15, -0.1) is 0 Å². The maximum absolute atomic E-state index is 5.97. The van der Waals surface area contributed by atoms with Crippen LogP contribution >= 0.6 is 0 Å². The molecule has 0 amide bonds. The summed E-state index contributed by atoms with van der Waals surface area (Å²) in [5, 5.41) is 0. The Balaban J connectivity index is 1.93. The predicted molar refractivity (Wildman–Crippen MR) is 85.0 cm³/mol. The van der Waals surface area contributed by atoms with Crippen molar-refractivity contribution in [3.05, 3.63) is 35.9 Å². The summed E-state index contributed by atoms with van der Waals surface area (Å²) in [5.74, 6) is 0.667. The first kappa shape index (κ1) is 15.5. The molecule has 0 spiro atoms. The summed E-state index contributed by atoms with van der Waals surface area (Å²) in [4.78, 5) is 2.52. The normalized spacial score (nSPS) is 20.4. The van der Waals surface area contributed by atoms with Gasteiger partial charge in [0.1, 0.15) is 0 Å². The molecule has 1 saturated heterocycles. The van der Waals surface area contributed by atoms with Crippen LogP contribution in [0.25, 0.3) is 0 Å². The highest BCUT2D eigenvalue weighted by molar-refractivity contribution is 5.15. The van der Waals surface area contributed by atoms with Crippen LogP contribution in [0.3, 0.4) is 0 Å². The summed E-state index contributed by atoms with van der Waals surface area (Å²) in [6.45, 7) is 8.97. The van der Waals surface area contributed by atoms with Crippen LogP contribution in [0.15, 0.2) is 30.3 Å². The second-order valence-corrected chi connectivity index (χ2v) is 5.82. The highest BCUT2D eigenvalue weighted by Gasteiger charge is 2.26. The van der Waals surface area contributed by atoms with E-state index >= 15 is 0 Å². The lowest BCUT2D eigenvalue weighted by Gasteiger charge is -2.26. The molecule has 0 N–H and O–H groups in total. The lowest BCUT2D eigenvalue weighted by atomic mass is 9.89. The molecule has 0 aliphatic carbocycles. The van der Waals surface area contributed by atoms with Gasteiger partial charge >= 0.3 is 0 Å². The SMILES string of the molecule is CCN(CC)CC[C@H](Cc1ccccc1)[C@H]1CCCO1. The van der Waals surface area contributed by atoms with Crippen LogP contribution in [-0.4, -0.2) is 37.2 Å². The van der Waals surface area contributed by atoms with E-state index in [0.717, 1.165) is 26.1 Å². The summed E-state index contributed by atoms with van der Waals surface area (Å²) in [5.41, 5.74) is 1.45. The molecule has 0 bridgehead atoms. The van der Waals surface area contributed by atoms with E-state index in [1.807, 2.05) is 0 Å². The Morgan fingerprint density at radius 1 is 1.20 bits per heavy atom. The monoisotopic (exact) mass is 275 g/mol. The molecule has 2 nitrogen and oxygen atoms in total. The van der Waals surface area contributed by atoms with E-state index < -0.39 is 0 Å². The summed E-state index contributed by atoms with van der Waals surface area (Å²) < 4.78 is 5.97. The van der Waals surface area contributed by atoms with Crippen molar-refractivity contribution in [2.75, 3.05) is 26.2 Å². The first-order valence-corrected chi connectivity index (χ1v) is 8.21. The van der Waals surface area contributed by atoms with E-state index in [4.69, 9.17) is 4.74 Å². The van der Waals surface area contributed by atoms with Crippen LogP contribution in [0.5, 0.6) is 0 Å². The number of hydrogen-bond acceptors (Lipinski definition) is 2. The fraction of sp³-hybridized carbons (Fsp3) is 0.667. The van der Waals surface area contributed by atoms with Gasteiger partial charge in [-0.3, -0.25) is 0 Å². The number of benzene rings is 1. The minimum Gasteiger partial charge on any atom is -0.378 e. The maximum atomic E-state index is 5.97. The van der Waals surface area contributed by atoms with E-state index in [2.05, 4.69) is 49.1 Å². The van der Waals surface area contributed by atoms with Crippen molar-refractivity contribution >= 4 is 0 Å². The number of ether oxygens (including phenoxy) is 1. The van der Waals surface area contributed by atoms with Crippen molar-refractivity contribution in [1.29, 1.82) is 0 Å². The van der Waals surface area contributed by atoms with Crippen LogP contribution in [0, 0.1) is 5.92 Å². The average molecular weight is 275 g/mol. The second kappa shape index (κ2) is 8.43. The molecule has 1 aliphatic heterocycles. The average Bonchev–Trinajstić information content (AvgIpc) is 3.02. The van der Waals surface area contributed by atoms with E-state index in [1.54, 1.807) is 0 Å². The third-order valence-corrected chi connectivity index (χ3v) is 4.54. The van der Waals surface area contributed by atoms with E-state index in [9.17, 15) is 0 Å². The molecule has 2 heteroatoms. The summed E-state index contributed by atoms with van der Waals surface area (Å²) in [7, 11) is 0. The van der Waals surface area contributed by atoms with Gasteiger partial charge in [0.2, 0.25) is 0 Å². The third-order valence-electron chi connectivity index (χ3n) is 4.54. The first-order chi connectivity index (χ1) is 9.83. The molecule has 0 unspecified atom stereocenters. The van der Waals surface area contributed by atoms with Crippen molar-refractivity contribution in [3.8, 4) is 0 Å². The van der Waals surface area contributed by atoms with Crippen molar-refractivity contribution in [3.63, 3.8) is 0 Å². The highest BCUT2D eigenvalue weighted by Crippen LogP contribution is 2.26. The second-order valence-electron chi connectivity index (χ2n) is 5.82. The van der Waals surface area contributed by atoms with Crippen molar-refractivity contribution < 1.29 is 4.74 Å². The van der Waals surface area contributed by atoms with Crippen LogP contribution in [-0.2, 0) is 11.2 Å². The smallest absolute Gasteiger partial charge is 0.0607 e. The highest BCUT2D eigenvalue weighted by atomic mass is 16.5. The lowest BCUT2D eigenvalue weighted by molar-refractivity contribution is 0.0551. The van der Waals surface area contributed by atoms with Gasteiger partial charge in [-0.05, 0) is 56.8 Å². The van der Waals surface area contributed by atoms with Gasteiger partial charge in [-0.1, -0.05) is 44.2 Å². The largest absolute Gasteiger partial charge is 0.378 e. The molecule has 0 saturated carbocycles. The molecule has 2 rings (SSSR count). The third kappa shape index (κ3) is 4.60. The zero-order valence-electron chi connectivity index (χ0n) is 13.1. The number of nitrogens with zero attached hydrogens (tertiary/aromatic N) is 1. The Labute approximate surface area is 124 Å². The Hall–Kier alpha value is -0.860. The first-order valence-electron chi connectivity index (χ1n) is 8.21. The molecule has 20 heavy (non-hydrogen) atoms. The van der Waals surface area contributed by atoms with Gasteiger partial charge in [-0.25, -0.2) is 0 Å². The standard InChI is InChI=1S/C18H29NO/c1-3-19(4-2)13-12-17(18-11-8-14-20-18)15-16-9-6-5-7-10-16/h5-7,9-10,17-18H,3-4,8,11-15H2,1-2H3/t17-,18-/m1/s1. The zero-order chi connectivity index (χ0) is 14.2. The molecule has 1 aromatic carbocycles. The minimum atomic E-state index is 0.478. The summed E-state index contributed by atoms with van der Waals surface area (Å²) >= 11 is 0. The molecular formula is C18H29NO. The van der Waals surface area contributed by atoms with Gasteiger partial charge < -0.3 is 9.64 Å². The van der Waals surface area contributed by atoms with Crippen LogP contribution < -0.4 is 0 Å². The zero-order valence-corrected chi connectivity index (χ0v) is 13.1. The van der Waals surface area contributed by atoms with Gasteiger partial charge in [0.15, 0.2) is 0 Å². The minimum absolute atomic E-state index is 0.478. The molecule has 0 radical (unpaired) electrons. The lowest BCUT2D eigenvalue weighted by Crippen LogP contribution is -2.30. The van der Waals surface area contributed by atoms with Crippen LogP contribution in [0.1, 0.15) is 38.7 Å². The Kier molecular flexibility index (Phi) is 6.55. The van der Waals surface area contributed by atoms with Gasteiger partial charge in [0.25, 0.3) is 0 Å². The number of rotatable bonds is 8. The van der Waals surface area contributed by atoms with E-state index in [0.29, 0.717) is 12.0 Å². The van der Waals surface area contributed by atoms with Crippen molar-refractivity contribution in [2.45, 2.75) is 45.6 Å². The topological polar surface area (TPSA) is 12.5 Å². The fourth-order valence-corrected chi connectivity index (χ4v) is 3.20. The summed E-state index contributed by atoms with van der Waals surface area (Å²) in [6, 6.07) is 10.9. The maximum Gasteiger partial charge on any atom is 0.0607 e. The molecule has 1 aromatic rings. The van der Waals surface area contributed by atoms with E-state index in [1.165, 1.54) is 31.4 Å². The molecule has 1 heterocycles. The Morgan fingerprint density at radius 2 is 1.95 bits per heavy atom. The van der Waals surface area contributed by atoms with Crippen molar-refractivity contribution in [1.82, 2.24) is 4.90 Å². The molecule has 112 valence electrons. The number of hydrogen-bond donors (Lipinski definition) is 0. The van der Waals surface area contributed by atoms with Crippen LogP contribution in [0.2, 0.25) is 0 Å². The van der Waals surface area contributed by atoms with Crippen molar-refractivity contribution in [2.24, 2.45) is 5.92 Å². The molecule has 0 aromatic heterocycles.